The Kier molecular flexibility index (Phi) is 3.85. The molecule has 1 heteroatoms. The van der Waals surface area contributed by atoms with Gasteiger partial charge < -0.3 is 0 Å². The lowest BCUT2D eigenvalue weighted by Gasteiger charge is -2.16. The third-order valence-corrected chi connectivity index (χ3v) is 5.91. The van der Waals surface area contributed by atoms with Gasteiger partial charge in [-0.3, -0.25) is 4.79 Å². The summed E-state index contributed by atoms with van der Waals surface area (Å²) in [6.07, 6.45) is 0. The molecular weight excluding hydrogens is 256 g/mol. The molecule has 1 fully saturated rings. The summed E-state index contributed by atoms with van der Waals surface area (Å²) in [7, 11) is 0. The van der Waals surface area contributed by atoms with Crippen LogP contribution in [-0.2, 0) is 0 Å². The van der Waals surface area contributed by atoms with Crippen molar-refractivity contribution in [3.05, 3.63) is 34.9 Å². The van der Waals surface area contributed by atoms with E-state index in [0.717, 1.165) is 5.56 Å². The lowest BCUT2D eigenvalue weighted by atomic mass is 9.88. The van der Waals surface area contributed by atoms with Gasteiger partial charge in [0.1, 0.15) is 0 Å². The largest absolute Gasteiger partial charge is 0.294 e. The van der Waals surface area contributed by atoms with Gasteiger partial charge >= 0.3 is 0 Å². The van der Waals surface area contributed by atoms with Crippen molar-refractivity contribution in [2.45, 2.75) is 67.2 Å². The molecule has 0 saturated heterocycles. The number of ketones is 1. The Morgan fingerprint density at radius 2 is 1.48 bits per heavy atom. The number of hydrogen-bond donors (Lipinski definition) is 0. The summed E-state index contributed by atoms with van der Waals surface area (Å²) in [5.41, 5.74) is 3.69. The zero-order chi connectivity index (χ0) is 16.2. The number of rotatable bonds is 4. The molecule has 116 valence electrons. The third kappa shape index (κ3) is 2.45. The van der Waals surface area contributed by atoms with Crippen molar-refractivity contribution in [3.8, 4) is 0 Å². The SMILES string of the molecule is CC(C)c1ccc(C(=O)C2C(C)(C)C2(C)C)c(C(C)C)c1. The molecule has 1 aliphatic rings. The van der Waals surface area contributed by atoms with Gasteiger partial charge in [0.15, 0.2) is 5.78 Å². The fourth-order valence-electron chi connectivity index (χ4n) is 3.65. The predicted molar refractivity (Wildman–Crippen MR) is 90.0 cm³/mol. The number of hydrogen-bond acceptors (Lipinski definition) is 1. The standard InChI is InChI=1S/C20H30O/c1-12(2)14-9-10-15(16(11-14)13(3)4)17(21)18-19(5,6)20(18,7)8/h9-13,18H,1-8H3. The molecule has 1 aromatic rings. The first-order chi connectivity index (χ1) is 9.51. The molecule has 1 nitrogen and oxygen atoms in total. The zero-order valence-corrected chi connectivity index (χ0v) is 14.9. The summed E-state index contributed by atoms with van der Waals surface area (Å²) in [5.74, 6) is 1.37. The second-order valence-corrected chi connectivity index (χ2v) is 8.40. The highest BCUT2D eigenvalue weighted by molar-refractivity contribution is 6.02. The van der Waals surface area contributed by atoms with Crippen LogP contribution in [0.1, 0.15) is 88.7 Å². The molecule has 21 heavy (non-hydrogen) atoms. The number of Topliss-reactive ketones (excluding diaryl/α,β-unsaturated/α-hetero) is 1. The van der Waals surface area contributed by atoms with E-state index < -0.39 is 0 Å². The van der Waals surface area contributed by atoms with Crippen LogP contribution in [0.5, 0.6) is 0 Å². The third-order valence-electron chi connectivity index (χ3n) is 5.91. The molecule has 0 aliphatic heterocycles. The van der Waals surface area contributed by atoms with Crippen molar-refractivity contribution in [1.29, 1.82) is 0 Å². The summed E-state index contributed by atoms with van der Waals surface area (Å²) in [5, 5.41) is 0. The molecule has 0 radical (unpaired) electrons. The maximum absolute atomic E-state index is 13.0. The van der Waals surface area contributed by atoms with Crippen molar-refractivity contribution in [3.63, 3.8) is 0 Å². The Labute approximate surface area is 130 Å². The summed E-state index contributed by atoms with van der Waals surface area (Å²) in [6, 6.07) is 6.44. The van der Waals surface area contributed by atoms with Crippen LogP contribution in [-0.4, -0.2) is 5.78 Å². The van der Waals surface area contributed by atoms with Crippen LogP contribution in [0, 0.1) is 16.7 Å². The van der Waals surface area contributed by atoms with E-state index in [-0.39, 0.29) is 16.7 Å². The van der Waals surface area contributed by atoms with Crippen LogP contribution in [0.25, 0.3) is 0 Å². The lowest BCUT2D eigenvalue weighted by molar-refractivity contribution is 0.0944. The summed E-state index contributed by atoms with van der Waals surface area (Å²) >= 11 is 0. The molecule has 0 aromatic heterocycles. The average molecular weight is 286 g/mol. The van der Waals surface area contributed by atoms with E-state index in [2.05, 4.69) is 73.6 Å². The van der Waals surface area contributed by atoms with E-state index in [1.165, 1.54) is 11.1 Å². The van der Waals surface area contributed by atoms with Crippen LogP contribution in [0.3, 0.4) is 0 Å². The van der Waals surface area contributed by atoms with E-state index in [9.17, 15) is 4.79 Å². The van der Waals surface area contributed by atoms with Crippen molar-refractivity contribution in [2.75, 3.05) is 0 Å². The molecule has 0 atom stereocenters. The van der Waals surface area contributed by atoms with Crippen LogP contribution in [0.2, 0.25) is 0 Å². The number of benzene rings is 1. The molecule has 1 saturated carbocycles. The second kappa shape index (κ2) is 4.97. The fraction of sp³-hybridized carbons (Fsp3) is 0.650. The highest BCUT2D eigenvalue weighted by Crippen LogP contribution is 2.69. The Morgan fingerprint density at radius 1 is 0.952 bits per heavy atom. The molecule has 0 spiro atoms. The molecule has 0 unspecified atom stereocenters. The minimum Gasteiger partial charge on any atom is -0.294 e. The summed E-state index contributed by atoms with van der Waals surface area (Å²) in [6.45, 7) is 17.6. The van der Waals surface area contributed by atoms with Crippen molar-refractivity contribution < 1.29 is 4.79 Å². The van der Waals surface area contributed by atoms with E-state index in [4.69, 9.17) is 0 Å². The van der Waals surface area contributed by atoms with E-state index >= 15 is 0 Å². The predicted octanol–water partition coefficient (Wildman–Crippen LogP) is 5.80. The molecule has 0 bridgehead atoms. The Hall–Kier alpha value is -1.11. The molecule has 1 aromatic carbocycles. The maximum Gasteiger partial charge on any atom is 0.167 e. The average Bonchev–Trinajstić information content (AvgIpc) is 2.78. The van der Waals surface area contributed by atoms with Crippen molar-refractivity contribution >= 4 is 5.78 Å². The Bertz CT molecular complexity index is 547. The number of carbonyl (C=O) groups excluding carboxylic acids is 1. The molecule has 0 heterocycles. The monoisotopic (exact) mass is 286 g/mol. The number of carbonyl (C=O) groups is 1. The van der Waals surface area contributed by atoms with Crippen molar-refractivity contribution in [1.82, 2.24) is 0 Å². The van der Waals surface area contributed by atoms with Crippen LogP contribution >= 0.6 is 0 Å². The molecule has 0 N–H and O–H groups in total. The first-order valence-electron chi connectivity index (χ1n) is 8.19. The van der Waals surface area contributed by atoms with E-state index in [0.29, 0.717) is 17.6 Å². The summed E-state index contributed by atoms with van der Waals surface area (Å²) < 4.78 is 0. The van der Waals surface area contributed by atoms with Crippen molar-refractivity contribution in [2.24, 2.45) is 16.7 Å². The quantitative estimate of drug-likeness (QED) is 0.639. The van der Waals surface area contributed by atoms with Gasteiger partial charge in [-0.25, -0.2) is 0 Å². The lowest BCUT2D eigenvalue weighted by Crippen LogP contribution is -2.12. The van der Waals surface area contributed by atoms with Gasteiger partial charge in [0.05, 0.1) is 0 Å². The first kappa shape index (κ1) is 16.3. The van der Waals surface area contributed by atoms with Gasteiger partial charge in [0.2, 0.25) is 0 Å². The molecule has 2 rings (SSSR count). The van der Waals surface area contributed by atoms with Gasteiger partial charge in [0, 0.05) is 11.5 Å². The molecule has 0 amide bonds. The van der Waals surface area contributed by atoms with Gasteiger partial charge in [0.25, 0.3) is 0 Å². The Balaban J connectivity index is 2.43. The van der Waals surface area contributed by atoms with Crippen LogP contribution < -0.4 is 0 Å². The van der Waals surface area contributed by atoms with Gasteiger partial charge in [-0.2, -0.15) is 0 Å². The molecular formula is C20H30O. The van der Waals surface area contributed by atoms with E-state index in [1.807, 2.05) is 0 Å². The fourth-order valence-corrected chi connectivity index (χ4v) is 3.65. The van der Waals surface area contributed by atoms with Gasteiger partial charge in [-0.05, 0) is 33.8 Å². The topological polar surface area (TPSA) is 17.1 Å². The van der Waals surface area contributed by atoms with Crippen LogP contribution in [0.15, 0.2) is 18.2 Å². The molecule has 1 aliphatic carbocycles. The summed E-state index contributed by atoms with van der Waals surface area (Å²) in [4.78, 5) is 13.0. The van der Waals surface area contributed by atoms with Gasteiger partial charge in [-0.1, -0.05) is 73.6 Å². The minimum absolute atomic E-state index is 0.106. The van der Waals surface area contributed by atoms with E-state index in [1.54, 1.807) is 0 Å². The second-order valence-electron chi connectivity index (χ2n) is 8.40. The maximum atomic E-state index is 13.0. The van der Waals surface area contributed by atoms with Crippen LogP contribution in [0.4, 0.5) is 0 Å². The zero-order valence-electron chi connectivity index (χ0n) is 14.9. The first-order valence-corrected chi connectivity index (χ1v) is 8.19. The highest BCUT2D eigenvalue weighted by atomic mass is 16.1. The smallest absolute Gasteiger partial charge is 0.167 e. The minimum atomic E-state index is 0.106. The van der Waals surface area contributed by atoms with Gasteiger partial charge in [-0.15, -0.1) is 0 Å². The normalized spacial score (nSPS) is 20.1. The Morgan fingerprint density at radius 3 is 1.86 bits per heavy atom. The highest BCUT2D eigenvalue weighted by Gasteiger charge is 2.67.